The summed E-state index contributed by atoms with van der Waals surface area (Å²) in [6.07, 6.45) is 1.24. The summed E-state index contributed by atoms with van der Waals surface area (Å²) in [5.74, 6) is 1.24. The number of carbonyl (C=O) groups is 1. The topological polar surface area (TPSA) is 72.7 Å². The molecular formula is C15H14N2O4S. The number of fused-ring (bicyclic) bond motifs is 1. The van der Waals surface area contributed by atoms with Gasteiger partial charge in [0.15, 0.2) is 22.4 Å². The molecule has 1 aliphatic heterocycles. The van der Waals surface area contributed by atoms with Crippen molar-refractivity contribution < 1.29 is 18.7 Å². The van der Waals surface area contributed by atoms with E-state index in [0.29, 0.717) is 18.9 Å². The van der Waals surface area contributed by atoms with Crippen molar-refractivity contribution in [3.8, 4) is 11.5 Å². The molecule has 6 nitrogen and oxygen atoms in total. The number of nitrogens with one attached hydrogen (secondary N) is 2. The number of rotatable bonds is 3. The minimum absolute atomic E-state index is 0.187. The van der Waals surface area contributed by atoms with Crippen LogP contribution in [0.4, 0.5) is 0 Å². The Hall–Kier alpha value is -2.54. The summed E-state index contributed by atoms with van der Waals surface area (Å²) in [5, 5.41) is 5.67. The number of amides is 1. The van der Waals surface area contributed by atoms with E-state index < -0.39 is 5.91 Å². The second-order valence-electron chi connectivity index (χ2n) is 4.64. The zero-order chi connectivity index (χ0) is 15.4. The monoisotopic (exact) mass is 318 g/mol. The van der Waals surface area contributed by atoms with Gasteiger partial charge in [0.1, 0.15) is 12.7 Å². The molecule has 2 aromatic rings. The fourth-order valence-corrected chi connectivity index (χ4v) is 2.16. The number of carbonyl (C=O) groups excluding carboxylic acids is 1. The number of ether oxygens (including phenoxy) is 2. The van der Waals surface area contributed by atoms with Crippen LogP contribution in [0.2, 0.25) is 0 Å². The molecule has 3 rings (SSSR count). The summed E-state index contributed by atoms with van der Waals surface area (Å²) in [6, 6.07) is 10.7. The molecule has 1 aliphatic rings. The summed E-state index contributed by atoms with van der Waals surface area (Å²) >= 11 is 5.07. The van der Waals surface area contributed by atoms with Crippen molar-refractivity contribution in [3.63, 3.8) is 0 Å². The van der Waals surface area contributed by atoms with Gasteiger partial charge in [-0.3, -0.25) is 10.1 Å². The highest BCUT2D eigenvalue weighted by molar-refractivity contribution is 7.80. The van der Waals surface area contributed by atoms with E-state index in [4.69, 9.17) is 26.1 Å². The summed E-state index contributed by atoms with van der Waals surface area (Å²) < 4.78 is 16.4. The number of furan rings is 1. The fourth-order valence-electron chi connectivity index (χ4n) is 1.99. The molecule has 1 amide bonds. The van der Waals surface area contributed by atoms with Gasteiger partial charge in [-0.2, -0.15) is 0 Å². The number of hydrogen-bond acceptors (Lipinski definition) is 5. The molecule has 0 fully saturated rings. The van der Waals surface area contributed by atoms with Crippen LogP contribution < -0.4 is 20.1 Å². The van der Waals surface area contributed by atoms with Gasteiger partial charge in [-0.1, -0.05) is 12.1 Å². The molecule has 22 heavy (non-hydrogen) atoms. The molecule has 1 aromatic heterocycles. The van der Waals surface area contributed by atoms with Crippen LogP contribution in [0.5, 0.6) is 11.5 Å². The quantitative estimate of drug-likeness (QED) is 0.840. The number of hydrogen-bond donors (Lipinski definition) is 2. The fraction of sp³-hybridized carbons (Fsp3) is 0.200. The molecule has 1 atom stereocenters. The first-order chi connectivity index (χ1) is 10.7. The highest BCUT2D eigenvalue weighted by Crippen LogP contribution is 2.30. The van der Waals surface area contributed by atoms with Crippen molar-refractivity contribution in [3.05, 3.63) is 48.4 Å². The predicted octanol–water partition coefficient (Wildman–Crippen LogP) is 1.72. The lowest BCUT2D eigenvalue weighted by molar-refractivity contribution is 0.0921. The Morgan fingerprint density at radius 1 is 1.23 bits per heavy atom. The Morgan fingerprint density at radius 3 is 2.82 bits per heavy atom. The molecule has 114 valence electrons. The molecule has 0 bridgehead atoms. The Labute approximate surface area is 132 Å². The molecule has 0 aliphatic carbocycles. The van der Waals surface area contributed by atoms with E-state index >= 15 is 0 Å². The maximum absolute atomic E-state index is 11.7. The molecule has 0 saturated heterocycles. The molecule has 0 saturated carbocycles. The van der Waals surface area contributed by atoms with Crippen LogP contribution >= 0.6 is 12.2 Å². The van der Waals surface area contributed by atoms with Gasteiger partial charge in [0.25, 0.3) is 5.91 Å². The Morgan fingerprint density at radius 2 is 2.05 bits per heavy atom. The minimum Gasteiger partial charge on any atom is -0.486 e. The second kappa shape index (κ2) is 6.48. The summed E-state index contributed by atoms with van der Waals surface area (Å²) in [5.41, 5.74) is 0. The first-order valence-corrected chi connectivity index (χ1v) is 7.14. The normalized spacial score (nSPS) is 15.9. The zero-order valence-electron chi connectivity index (χ0n) is 11.6. The van der Waals surface area contributed by atoms with E-state index in [0.717, 1.165) is 5.75 Å². The van der Waals surface area contributed by atoms with Crippen molar-refractivity contribution in [2.24, 2.45) is 0 Å². The van der Waals surface area contributed by atoms with Gasteiger partial charge in [0, 0.05) is 0 Å². The first-order valence-electron chi connectivity index (χ1n) is 6.73. The smallest absolute Gasteiger partial charge is 0.293 e. The lowest BCUT2D eigenvalue weighted by atomic mass is 10.2. The zero-order valence-corrected chi connectivity index (χ0v) is 12.4. The molecule has 7 heteroatoms. The number of thiocarbonyl (C=S) groups is 1. The van der Waals surface area contributed by atoms with Crippen LogP contribution in [0.15, 0.2) is 47.1 Å². The van der Waals surface area contributed by atoms with Crippen LogP contribution in [-0.4, -0.2) is 30.3 Å². The molecule has 1 aromatic carbocycles. The van der Waals surface area contributed by atoms with E-state index in [1.54, 1.807) is 12.1 Å². The molecule has 0 spiro atoms. The van der Waals surface area contributed by atoms with E-state index in [9.17, 15) is 4.79 Å². The molecular weight excluding hydrogens is 304 g/mol. The summed E-state index contributed by atoms with van der Waals surface area (Å²) in [6.45, 7) is 0.838. The molecule has 2 heterocycles. The lowest BCUT2D eigenvalue weighted by Gasteiger charge is -2.26. The van der Waals surface area contributed by atoms with Gasteiger partial charge in [-0.25, -0.2) is 0 Å². The van der Waals surface area contributed by atoms with Gasteiger partial charge in [-0.05, 0) is 36.5 Å². The van der Waals surface area contributed by atoms with Crippen molar-refractivity contribution in [1.82, 2.24) is 10.6 Å². The molecule has 0 unspecified atom stereocenters. The summed E-state index contributed by atoms with van der Waals surface area (Å²) in [7, 11) is 0. The number of para-hydroxylation sites is 2. The molecule has 2 N–H and O–H groups in total. The highest BCUT2D eigenvalue weighted by atomic mass is 32.1. The Bertz CT molecular complexity index is 672. The third-order valence-electron chi connectivity index (χ3n) is 3.03. The standard InChI is InChI=1S/C15H14N2O4S/c18-14(13-6-3-7-19-13)17-15(22)16-8-10-9-20-11-4-1-2-5-12(11)21-10/h1-7,10H,8-9H2,(H2,16,17,18,22)/t10-/m1/s1. The first kappa shape index (κ1) is 14.4. The van der Waals surface area contributed by atoms with Crippen molar-refractivity contribution in [2.45, 2.75) is 6.10 Å². The van der Waals surface area contributed by atoms with Gasteiger partial charge >= 0.3 is 0 Å². The highest BCUT2D eigenvalue weighted by Gasteiger charge is 2.21. The average Bonchev–Trinajstić information content (AvgIpc) is 3.07. The van der Waals surface area contributed by atoms with Gasteiger partial charge in [-0.15, -0.1) is 0 Å². The van der Waals surface area contributed by atoms with Crippen LogP contribution in [0.3, 0.4) is 0 Å². The second-order valence-corrected chi connectivity index (χ2v) is 5.05. The average molecular weight is 318 g/mol. The van der Waals surface area contributed by atoms with Crippen LogP contribution in [-0.2, 0) is 0 Å². The Kier molecular flexibility index (Phi) is 4.24. The van der Waals surface area contributed by atoms with E-state index in [2.05, 4.69) is 10.6 Å². The van der Waals surface area contributed by atoms with Crippen LogP contribution in [0.25, 0.3) is 0 Å². The Balaban J connectivity index is 1.47. The van der Waals surface area contributed by atoms with Crippen LogP contribution in [0, 0.1) is 0 Å². The molecule has 0 radical (unpaired) electrons. The predicted molar refractivity (Wildman–Crippen MR) is 83.1 cm³/mol. The van der Waals surface area contributed by atoms with Crippen LogP contribution in [0.1, 0.15) is 10.6 Å². The van der Waals surface area contributed by atoms with Gasteiger partial charge in [0.05, 0.1) is 12.8 Å². The van der Waals surface area contributed by atoms with E-state index in [-0.39, 0.29) is 17.0 Å². The maximum atomic E-state index is 11.7. The lowest BCUT2D eigenvalue weighted by Crippen LogP contribution is -2.45. The van der Waals surface area contributed by atoms with Gasteiger partial charge < -0.3 is 19.2 Å². The van der Waals surface area contributed by atoms with Crippen molar-refractivity contribution in [1.29, 1.82) is 0 Å². The van der Waals surface area contributed by atoms with E-state index in [1.807, 2.05) is 24.3 Å². The number of benzene rings is 1. The van der Waals surface area contributed by atoms with Gasteiger partial charge in [0.2, 0.25) is 0 Å². The van der Waals surface area contributed by atoms with E-state index in [1.165, 1.54) is 6.26 Å². The SMILES string of the molecule is O=C(NC(=S)NC[C@@H]1COc2ccccc2O1)c1ccco1. The van der Waals surface area contributed by atoms with Crippen molar-refractivity contribution >= 4 is 23.2 Å². The van der Waals surface area contributed by atoms with Crippen molar-refractivity contribution in [2.75, 3.05) is 13.2 Å². The minimum atomic E-state index is -0.395. The third kappa shape index (κ3) is 3.37. The largest absolute Gasteiger partial charge is 0.486 e. The maximum Gasteiger partial charge on any atom is 0.293 e. The summed E-state index contributed by atoms with van der Waals surface area (Å²) in [4.78, 5) is 11.7. The third-order valence-corrected chi connectivity index (χ3v) is 3.28.